The van der Waals surface area contributed by atoms with Crippen LogP contribution in [-0.2, 0) is 4.79 Å². The topological polar surface area (TPSA) is 58.6 Å². The predicted octanol–water partition coefficient (Wildman–Crippen LogP) is 7.53. The van der Waals surface area contributed by atoms with Gasteiger partial charge < -0.3 is 15.2 Å². The van der Waals surface area contributed by atoms with Gasteiger partial charge in [0.1, 0.15) is 5.75 Å². The molecule has 2 aromatic carbocycles. The second-order valence-corrected chi connectivity index (χ2v) is 11.0. The summed E-state index contributed by atoms with van der Waals surface area (Å²) in [5, 5.41) is 15.3. The molecule has 2 aromatic rings. The summed E-state index contributed by atoms with van der Waals surface area (Å²) in [5.41, 5.74) is 0.721. The van der Waals surface area contributed by atoms with Crippen molar-refractivity contribution in [1.82, 2.24) is 5.32 Å². The number of carbonyl (C=O) groups is 1. The van der Waals surface area contributed by atoms with E-state index in [0.29, 0.717) is 30.0 Å². The molecule has 0 bridgehead atoms. The van der Waals surface area contributed by atoms with E-state index in [9.17, 15) is 23.1 Å². The maximum absolute atomic E-state index is 13.0. The zero-order valence-corrected chi connectivity index (χ0v) is 21.0. The lowest BCUT2D eigenvalue weighted by molar-refractivity contribution is -0.185. The van der Waals surface area contributed by atoms with Crippen molar-refractivity contribution in [2.24, 2.45) is 17.3 Å². The van der Waals surface area contributed by atoms with Crippen LogP contribution in [0.25, 0.3) is 10.8 Å². The first-order valence-electron chi connectivity index (χ1n) is 12.4. The van der Waals surface area contributed by atoms with Crippen LogP contribution < -0.4 is 10.1 Å². The van der Waals surface area contributed by atoms with Crippen molar-refractivity contribution < 1.29 is 27.8 Å². The van der Waals surface area contributed by atoms with Crippen LogP contribution in [0.1, 0.15) is 70.9 Å². The molecule has 2 aliphatic rings. The molecule has 2 fully saturated rings. The van der Waals surface area contributed by atoms with Crippen LogP contribution in [0.2, 0.25) is 5.02 Å². The Kier molecular flexibility index (Phi) is 7.31. The number of hydrogen-bond donors (Lipinski definition) is 2. The maximum Gasteiger partial charge on any atom is 0.391 e. The lowest BCUT2D eigenvalue weighted by Crippen LogP contribution is -2.59. The van der Waals surface area contributed by atoms with Crippen molar-refractivity contribution in [3.8, 4) is 5.75 Å². The summed E-state index contributed by atoms with van der Waals surface area (Å²) in [4.78, 5) is 11.5. The number of alkyl halides is 3. The molecule has 0 spiro atoms. The minimum atomic E-state index is -4.14. The van der Waals surface area contributed by atoms with Crippen LogP contribution in [-0.4, -0.2) is 29.4 Å². The summed E-state index contributed by atoms with van der Waals surface area (Å²) >= 11 is 6.73. The van der Waals surface area contributed by atoms with Gasteiger partial charge in [0.25, 0.3) is 0 Å². The number of hydrogen-bond acceptors (Lipinski definition) is 3. The Labute approximate surface area is 209 Å². The standard InChI is InChI=1S/C27H33ClF3NO3/c1-4-21(32-23-14-20(25(33)34)26(23,2)3)16-6-5-15-7-12-22(24(28)19(15)13-16)35-18-10-8-17(9-11-18)27(29,30)31/h5-7,12-13,17-18,20-21,23,32H,4,8-11,14H2,1-3H3,(H,33,34). The summed E-state index contributed by atoms with van der Waals surface area (Å²) in [7, 11) is 0. The highest BCUT2D eigenvalue weighted by Crippen LogP contribution is 2.47. The van der Waals surface area contributed by atoms with Gasteiger partial charge in [-0.1, -0.05) is 50.6 Å². The third kappa shape index (κ3) is 5.26. The molecule has 4 rings (SSSR count). The minimum absolute atomic E-state index is 0.0386. The quantitative estimate of drug-likeness (QED) is 0.403. The van der Waals surface area contributed by atoms with E-state index >= 15 is 0 Å². The van der Waals surface area contributed by atoms with Crippen LogP contribution in [0.5, 0.6) is 5.75 Å². The normalized spacial score (nSPS) is 27.3. The molecular weight excluding hydrogens is 479 g/mol. The van der Waals surface area contributed by atoms with Crippen LogP contribution in [0.4, 0.5) is 13.2 Å². The van der Waals surface area contributed by atoms with Gasteiger partial charge in [-0.05, 0) is 67.0 Å². The summed E-state index contributed by atoms with van der Waals surface area (Å²) in [6, 6.07) is 9.94. The highest BCUT2D eigenvalue weighted by Gasteiger charge is 2.52. The molecule has 0 amide bonds. The summed E-state index contributed by atoms with van der Waals surface area (Å²) < 4.78 is 45.0. The molecule has 0 aromatic heterocycles. The molecule has 0 heterocycles. The predicted molar refractivity (Wildman–Crippen MR) is 131 cm³/mol. The number of carboxylic acid groups (broad SMARTS) is 1. The van der Waals surface area contributed by atoms with Gasteiger partial charge in [0, 0.05) is 17.5 Å². The zero-order chi connectivity index (χ0) is 25.5. The van der Waals surface area contributed by atoms with E-state index in [4.69, 9.17) is 16.3 Å². The second kappa shape index (κ2) is 9.81. The van der Waals surface area contributed by atoms with Crippen molar-refractivity contribution in [2.45, 2.75) is 83.7 Å². The molecule has 2 aliphatic carbocycles. The fraction of sp³-hybridized carbons (Fsp3) is 0.593. The molecule has 3 atom stereocenters. The monoisotopic (exact) mass is 511 g/mol. The van der Waals surface area contributed by atoms with Crippen LogP contribution in [0.3, 0.4) is 0 Å². The molecule has 2 N–H and O–H groups in total. The van der Waals surface area contributed by atoms with E-state index in [2.05, 4.69) is 18.3 Å². The van der Waals surface area contributed by atoms with Crippen molar-refractivity contribution in [2.75, 3.05) is 0 Å². The van der Waals surface area contributed by atoms with E-state index in [0.717, 1.165) is 22.8 Å². The Morgan fingerprint density at radius 2 is 1.86 bits per heavy atom. The molecule has 4 nitrogen and oxygen atoms in total. The van der Waals surface area contributed by atoms with Crippen LogP contribution in [0, 0.1) is 17.3 Å². The van der Waals surface area contributed by atoms with Crippen LogP contribution in [0.15, 0.2) is 30.3 Å². The van der Waals surface area contributed by atoms with Crippen molar-refractivity contribution >= 4 is 28.3 Å². The number of halogens is 4. The first-order chi connectivity index (χ1) is 16.4. The minimum Gasteiger partial charge on any atom is -0.489 e. The number of benzene rings is 2. The second-order valence-electron chi connectivity index (χ2n) is 10.6. The van der Waals surface area contributed by atoms with Crippen molar-refractivity contribution in [3.63, 3.8) is 0 Å². The molecule has 8 heteroatoms. The smallest absolute Gasteiger partial charge is 0.391 e. The van der Waals surface area contributed by atoms with E-state index in [1.165, 1.54) is 0 Å². The summed E-state index contributed by atoms with van der Waals surface area (Å²) in [6.07, 6.45) is -2.13. The molecule has 3 unspecified atom stereocenters. The number of ether oxygens (including phenoxy) is 1. The summed E-state index contributed by atoms with van der Waals surface area (Å²) in [6.45, 7) is 6.06. The van der Waals surface area contributed by atoms with E-state index in [-0.39, 0.29) is 42.4 Å². The molecular formula is C27H33ClF3NO3. The van der Waals surface area contributed by atoms with E-state index in [1.54, 1.807) is 6.07 Å². The molecule has 0 radical (unpaired) electrons. The largest absolute Gasteiger partial charge is 0.489 e. The third-order valence-corrected chi connectivity index (χ3v) is 8.54. The Hall–Kier alpha value is -1.99. The number of aliphatic carboxylic acids is 1. The highest BCUT2D eigenvalue weighted by molar-refractivity contribution is 6.37. The lowest BCUT2D eigenvalue weighted by Gasteiger charge is -2.51. The van der Waals surface area contributed by atoms with E-state index in [1.807, 2.05) is 32.0 Å². The Morgan fingerprint density at radius 1 is 1.20 bits per heavy atom. The van der Waals surface area contributed by atoms with Gasteiger partial charge in [-0.3, -0.25) is 4.79 Å². The number of fused-ring (bicyclic) bond motifs is 1. The average Bonchev–Trinajstić information content (AvgIpc) is 2.80. The van der Waals surface area contributed by atoms with Gasteiger partial charge in [-0.15, -0.1) is 0 Å². The van der Waals surface area contributed by atoms with Gasteiger partial charge in [0.05, 0.1) is 23.0 Å². The van der Waals surface area contributed by atoms with Gasteiger partial charge in [-0.25, -0.2) is 0 Å². The molecule has 2 saturated carbocycles. The van der Waals surface area contributed by atoms with Gasteiger partial charge in [-0.2, -0.15) is 13.2 Å². The van der Waals surface area contributed by atoms with E-state index < -0.39 is 18.1 Å². The Balaban J connectivity index is 1.49. The van der Waals surface area contributed by atoms with Crippen molar-refractivity contribution in [3.05, 3.63) is 40.9 Å². The molecule has 0 saturated heterocycles. The Bertz CT molecular complexity index is 1080. The van der Waals surface area contributed by atoms with Gasteiger partial charge >= 0.3 is 12.1 Å². The lowest BCUT2D eigenvalue weighted by atomic mass is 9.58. The Morgan fingerprint density at radius 3 is 2.43 bits per heavy atom. The average molecular weight is 512 g/mol. The van der Waals surface area contributed by atoms with Crippen LogP contribution >= 0.6 is 11.6 Å². The van der Waals surface area contributed by atoms with Gasteiger partial charge in [0.15, 0.2) is 0 Å². The maximum atomic E-state index is 13.0. The third-order valence-electron chi connectivity index (χ3n) is 8.15. The fourth-order valence-corrected chi connectivity index (χ4v) is 5.87. The first kappa shape index (κ1) is 26.1. The first-order valence-corrected chi connectivity index (χ1v) is 12.7. The number of carboxylic acids is 1. The summed E-state index contributed by atoms with van der Waals surface area (Å²) in [5.74, 6) is -1.86. The zero-order valence-electron chi connectivity index (χ0n) is 20.3. The molecule has 0 aliphatic heterocycles. The van der Waals surface area contributed by atoms with Crippen molar-refractivity contribution in [1.29, 1.82) is 0 Å². The highest BCUT2D eigenvalue weighted by atomic mass is 35.5. The van der Waals surface area contributed by atoms with Gasteiger partial charge in [0.2, 0.25) is 0 Å². The SMILES string of the molecule is CCC(NC1CC(C(=O)O)C1(C)C)c1ccc2ccc(OC3CCC(C(F)(F)F)CC3)c(Cl)c2c1. The molecule has 192 valence electrons. The fourth-order valence-electron chi connectivity index (χ4n) is 5.60. The number of nitrogens with one attached hydrogen (secondary N) is 1. The molecule has 35 heavy (non-hydrogen) atoms. The number of rotatable bonds is 7.